The fraction of sp³-hybridized carbons (Fsp3) is 0.286. The van der Waals surface area contributed by atoms with E-state index in [1.54, 1.807) is 24.3 Å². The van der Waals surface area contributed by atoms with Crippen molar-refractivity contribution >= 4 is 16.9 Å². The molecule has 1 amide bonds. The number of para-hydroxylation sites is 1. The summed E-state index contributed by atoms with van der Waals surface area (Å²) in [7, 11) is 0. The van der Waals surface area contributed by atoms with Crippen molar-refractivity contribution in [2.24, 2.45) is 0 Å². The molecule has 0 unspecified atom stereocenters. The number of carbonyl (C=O) groups excluding carboxylic acids is 1. The van der Waals surface area contributed by atoms with Crippen LogP contribution in [0.15, 0.2) is 39.5 Å². The van der Waals surface area contributed by atoms with E-state index in [0.717, 1.165) is 0 Å². The van der Waals surface area contributed by atoms with Gasteiger partial charge in [0.15, 0.2) is 0 Å². The standard InChI is InChI=1S/C14H15NO5/c16-6-8-19-7-5-15-13(17)11-9-10-3-1-2-4-12(10)20-14(11)18/h1-4,9,16H,5-8H2,(H,15,17). The van der Waals surface area contributed by atoms with E-state index in [0.29, 0.717) is 11.0 Å². The molecule has 1 heterocycles. The Bertz CT molecular complexity index is 649. The molecule has 2 rings (SSSR count). The van der Waals surface area contributed by atoms with Gasteiger partial charge in [-0.25, -0.2) is 4.79 Å². The van der Waals surface area contributed by atoms with Crippen LogP contribution in [0, 0.1) is 0 Å². The Hall–Kier alpha value is -2.18. The van der Waals surface area contributed by atoms with Crippen molar-refractivity contribution in [3.05, 3.63) is 46.3 Å². The SMILES string of the molecule is O=C(NCCOCCO)c1cc2ccccc2oc1=O. The molecule has 0 atom stereocenters. The normalized spacial score (nSPS) is 10.7. The van der Waals surface area contributed by atoms with Gasteiger partial charge in [-0.15, -0.1) is 0 Å². The second-order valence-electron chi connectivity index (χ2n) is 4.08. The highest BCUT2D eigenvalue weighted by molar-refractivity contribution is 5.96. The fourth-order valence-corrected chi connectivity index (χ4v) is 1.72. The summed E-state index contributed by atoms with van der Waals surface area (Å²) in [4.78, 5) is 23.6. The van der Waals surface area contributed by atoms with E-state index in [1.165, 1.54) is 6.07 Å². The number of ether oxygens (including phenoxy) is 1. The van der Waals surface area contributed by atoms with Crippen LogP contribution in [-0.4, -0.2) is 37.4 Å². The lowest BCUT2D eigenvalue weighted by Crippen LogP contribution is -2.31. The first-order valence-corrected chi connectivity index (χ1v) is 6.22. The van der Waals surface area contributed by atoms with Gasteiger partial charge in [-0.05, 0) is 12.1 Å². The first kappa shape index (κ1) is 14.2. The Balaban J connectivity index is 2.06. The van der Waals surface area contributed by atoms with Gasteiger partial charge in [-0.2, -0.15) is 0 Å². The maximum Gasteiger partial charge on any atom is 0.349 e. The summed E-state index contributed by atoms with van der Waals surface area (Å²) in [5.74, 6) is -0.503. The Morgan fingerprint density at radius 3 is 2.90 bits per heavy atom. The second kappa shape index (κ2) is 6.83. The van der Waals surface area contributed by atoms with Crippen molar-refractivity contribution in [2.75, 3.05) is 26.4 Å². The average molecular weight is 277 g/mol. The molecular formula is C14H15NO5. The smallest absolute Gasteiger partial charge is 0.349 e. The van der Waals surface area contributed by atoms with Gasteiger partial charge in [0.25, 0.3) is 5.91 Å². The Labute approximate surface area is 115 Å². The van der Waals surface area contributed by atoms with E-state index in [2.05, 4.69) is 5.32 Å². The number of aliphatic hydroxyl groups is 1. The minimum Gasteiger partial charge on any atom is -0.422 e. The molecule has 6 heteroatoms. The number of aliphatic hydroxyl groups excluding tert-OH is 1. The fourth-order valence-electron chi connectivity index (χ4n) is 1.72. The Morgan fingerprint density at radius 1 is 1.30 bits per heavy atom. The zero-order valence-corrected chi connectivity index (χ0v) is 10.8. The van der Waals surface area contributed by atoms with E-state index < -0.39 is 11.5 Å². The van der Waals surface area contributed by atoms with E-state index in [-0.39, 0.29) is 31.9 Å². The lowest BCUT2D eigenvalue weighted by molar-refractivity contribution is 0.0836. The van der Waals surface area contributed by atoms with Crippen molar-refractivity contribution in [3.8, 4) is 0 Å². The number of fused-ring (bicyclic) bond motifs is 1. The third-order valence-electron chi connectivity index (χ3n) is 2.65. The van der Waals surface area contributed by atoms with E-state index in [9.17, 15) is 9.59 Å². The van der Waals surface area contributed by atoms with Crippen molar-refractivity contribution in [2.45, 2.75) is 0 Å². The summed E-state index contributed by atoms with van der Waals surface area (Å²) in [6, 6.07) is 8.49. The summed E-state index contributed by atoms with van der Waals surface area (Å²) < 4.78 is 10.1. The molecule has 2 aromatic rings. The van der Waals surface area contributed by atoms with Crippen LogP contribution in [0.5, 0.6) is 0 Å². The molecule has 0 saturated carbocycles. The van der Waals surface area contributed by atoms with Crippen LogP contribution in [0.1, 0.15) is 10.4 Å². The monoisotopic (exact) mass is 277 g/mol. The summed E-state index contributed by atoms with van der Waals surface area (Å²) in [5.41, 5.74) is -0.260. The lowest BCUT2D eigenvalue weighted by Gasteiger charge is -2.05. The second-order valence-corrected chi connectivity index (χ2v) is 4.08. The molecule has 6 nitrogen and oxygen atoms in total. The molecule has 0 radical (unpaired) electrons. The first-order chi connectivity index (χ1) is 9.72. The van der Waals surface area contributed by atoms with Gasteiger partial charge < -0.3 is 19.6 Å². The highest BCUT2D eigenvalue weighted by atomic mass is 16.5. The molecule has 2 N–H and O–H groups in total. The van der Waals surface area contributed by atoms with Gasteiger partial charge in [0, 0.05) is 11.9 Å². The summed E-state index contributed by atoms with van der Waals surface area (Å²) >= 11 is 0. The van der Waals surface area contributed by atoms with Crippen LogP contribution >= 0.6 is 0 Å². The molecule has 0 aliphatic heterocycles. The molecule has 0 bridgehead atoms. The minimum absolute atomic E-state index is 0.0362. The van der Waals surface area contributed by atoms with E-state index in [1.807, 2.05) is 0 Å². The zero-order chi connectivity index (χ0) is 14.4. The zero-order valence-electron chi connectivity index (χ0n) is 10.8. The topological polar surface area (TPSA) is 88.8 Å². The van der Waals surface area contributed by atoms with Crippen LogP contribution in [0.3, 0.4) is 0 Å². The average Bonchev–Trinajstić information content (AvgIpc) is 2.46. The highest BCUT2D eigenvalue weighted by Gasteiger charge is 2.12. The van der Waals surface area contributed by atoms with Gasteiger partial charge >= 0.3 is 5.63 Å². The number of carbonyl (C=O) groups is 1. The van der Waals surface area contributed by atoms with Crippen LogP contribution in [0.2, 0.25) is 0 Å². The van der Waals surface area contributed by atoms with E-state index >= 15 is 0 Å². The maximum absolute atomic E-state index is 11.9. The number of nitrogens with one attached hydrogen (secondary N) is 1. The van der Waals surface area contributed by atoms with Crippen LogP contribution in [0.4, 0.5) is 0 Å². The maximum atomic E-state index is 11.9. The Kier molecular flexibility index (Phi) is 4.86. The molecule has 1 aromatic carbocycles. The van der Waals surface area contributed by atoms with Gasteiger partial charge in [0.2, 0.25) is 0 Å². The van der Waals surface area contributed by atoms with Crippen molar-refractivity contribution < 1.29 is 19.1 Å². The molecule has 1 aromatic heterocycles. The molecular weight excluding hydrogens is 262 g/mol. The van der Waals surface area contributed by atoms with Crippen LogP contribution < -0.4 is 10.9 Å². The highest BCUT2D eigenvalue weighted by Crippen LogP contribution is 2.12. The van der Waals surface area contributed by atoms with Gasteiger partial charge in [0.1, 0.15) is 11.1 Å². The molecule has 106 valence electrons. The number of amides is 1. The number of hydrogen-bond donors (Lipinski definition) is 2. The Morgan fingerprint density at radius 2 is 2.10 bits per heavy atom. The summed E-state index contributed by atoms with van der Waals surface area (Å²) in [6.07, 6.45) is 0. The minimum atomic E-state index is -0.669. The number of hydrogen-bond acceptors (Lipinski definition) is 5. The van der Waals surface area contributed by atoms with Crippen molar-refractivity contribution in [1.29, 1.82) is 0 Å². The summed E-state index contributed by atoms with van der Waals surface area (Å²) in [6.45, 7) is 0.673. The predicted molar refractivity (Wildman–Crippen MR) is 72.7 cm³/mol. The number of rotatable bonds is 6. The van der Waals surface area contributed by atoms with Crippen LogP contribution in [0.25, 0.3) is 11.0 Å². The largest absolute Gasteiger partial charge is 0.422 e. The molecule has 20 heavy (non-hydrogen) atoms. The molecule has 0 aliphatic carbocycles. The predicted octanol–water partition coefficient (Wildman–Crippen LogP) is 0.532. The third kappa shape index (κ3) is 3.43. The molecule has 0 aliphatic rings. The lowest BCUT2D eigenvalue weighted by atomic mass is 10.2. The van der Waals surface area contributed by atoms with Gasteiger partial charge in [-0.3, -0.25) is 4.79 Å². The van der Waals surface area contributed by atoms with Crippen molar-refractivity contribution in [3.63, 3.8) is 0 Å². The van der Waals surface area contributed by atoms with Crippen LogP contribution in [-0.2, 0) is 4.74 Å². The van der Waals surface area contributed by atoms with Gasteiger partial charge in [0.05, 0.1) is 19.8 Å². The van der Waals surface area contributed by atoms with Gasteiger partial charge in [-0.1, -0.05) is 18.2 Å². The first-order valence-electron chi connectivity index (χ1n) is 6.22. The van der Waals surface area contributed by atoms with Crippen molar-refractivity contribution in [1.82, 2.24) is 5.32 Å². The quantitative estimate of drug-likeness (QED) is 0.594. The summed E-state index contributed by atoms with van der Waals surface area (Å²) in [5, 5.41) is 11.8. The van der Waals surface area contributed by atoms with E-state index in [4.69, 9.17) is 14.3 Å². The third-order valence-corrected chi connectivity index (χ3v) is 2.65. The molecule has 0 spiro atoms. The molecule has 0 saturated heterocycles. The molecule has 0 fully saturated rings. The number of benzene rings is 1.